The van der Waals surface area contributed by atoms with Gasteiger partial charge in [0.1, 0.15) is 4.90 Å². The minimum absolute atomic E-state index is 0.0963. The Hall–Kier alpha value is -0.570. The Morgan fingerprint density at radius 2 is 2.30 bits per heavy atom. The average molecular weight is 387 g/mol. The first-order valence-electron chi connectivity index (χ1n) is 5.87. The van der Waals surface area contributed by atoms with E-state index < -0.39 is 15.0 Å². The molecule has 1 aromatic rings. The molecule has 0 aromatic carbocycles. The zero-order valence-corrected chi connectivity index (χ0v) is 13.8. The molecular weight excluding hydrogens is 374 g/mol. The Morgan fingerprint density at radius 3 is 2.80 bits per heavy atom. The zero-order valence-electron chi connectivity index (χ0n) is 10.6. The molecule has 1 aliphatic heterocycles. The van der Waals surface area contributed by atoms with Crippen LogP contribution in [-0.4, -0.2) is 33.1 Å². The molecule has 6 nitrogen and oxygen atoms in total. The van der Waals surface area contributed by atoms with Crippen LogP contribution in [0.1, 0.15) is 30.3 Å². The van der Waals surface area contributed by atoms with Gasteiger partial charge in [0.15, 0.2) is 10.4 Å². The number of amides is 1. The van der Waals surface area contributed by atoms with Gasteiger partial charge in [-0.3, -0.25) is 4.79 Å². The first kappa shape index (κ1) is 15.8. The number of furan rings is 1. The summed E-state index contributed by atoms with van der Waals surface area (Å²) in [5.41, 5.74) is -0.388. The monoisotopic (exact) mass is 385 g/mol. The van der Waals surface area contributed by atoms with Crippen molar-refractivity contribution in [1.82, 2.24) is 5.32 Å². The molecule has 20 heavy (non-hydrogen) atoms. The van der Waals surface area contributed by atoms with Crippen molar-refractivity contribution in [3.8, 4) is 0 Å². The summed E-state index contributed by atoms with van der Waals surface area (Å²) >= 11 is 2.91. The molecule has 0 spiro atoms. The van der Waals surface area contributed by atoms with E-state index in [9.17, 15) is 13.2 Å². The summed E-state index contributed by atoms with van der Waals surface area (Å²) in [6.45, 7) is 2.91. The van der Waals surface area contributed by atoms with Crippen LogP contribution in [-0.2, 0) is 13.8 Å². The smallest absolute Gasteiger partial charge is 0.287 e. The fraction of sp³-hybridized carbons (Fsp3) is 0.545. The molecule has 0 bridgehead atoms. The van der Waals surface area contributed by atoms with Crippen molar-refractivity contribution >= 4 is 41.6 Å². The van der Waals surface area contributed by atoms with Gasteiger partial charge in [-0.15, -0.1) is 0 Å². The number of carbonyl (C=O) groups is 1. The van der Waals surface area contributed by atoms with Gasteiger partial charge < -0.3 is 14.5 Å². The highest BCUT2D eigenvalue weighted by Gasteiger charge is 2.31. The third-order valence-corrected chi connectivity index (χ3v) is 5.24. The zero-order chi connectivity index (χ0) is 15.0. The summed E-state index contributed by atoms with van der Waals surface area (Å²) in [6, 6.07) is 1.08. The second-order valence-electron chi connectivity index (χ2n) is 4.77. The van der Waals surface area contributed by atoms with E-state index in [1.165, 1.54) is 0 Å². The lowest BCUT2D eigenvalue weighted by Crippen LogP contribution is -2.40. The molecule has 2 rings (SSSR count). The van der Waals surface area contributed by atoms with E-state index in [0.29, 0.717) is 13.2 Å². The molecule has 0 saturated carbocycles. The Labute approximate surface area is 129 Å². The number of rotatable bonds is 4. The molecule has 1 aliphatic rings. The van der Waals surface area contributed by atoms with Gasteiger partial charge in [0.2, 0.25) is 0 Å². The van der Waals surface area contributed by atoms with Crippen molar-refractivity contribution in [1.29, 1.82) is 0 Å². The largest absolute Gasteiger partial charge is 0.443 e. The van der Waals surface area contributed by atoms with Crippen molar-refractivity contribution < 1.29 is 22.4 Å². The van der Waals surface area contributed by atoms with E-state index in [-0.39, 0.29) is 20.9 Å². The summed E-state index contributed by atoms with van der Waals surface area (Å²) in [7, 11) is 1.25. The summed E-state index contributed by atoms with van der Waals surface area (Å²) < 4.78 is 33.0. The highest BCUT2D eigenvalue weighted by molar-refractivity contribution is 9.10. The molecule has 0 radical (unpaired) electrons. The molecule has 112 valence electrons. The third kappa shape index (κ3) is 3.55. The fourth-order valence-electron chi connectivity index (χ4n) is 1.96. The molecule has 1 aromatic heterocycles. The van der Waals surface area contributed by atoms with Crippen molar-refractivity contribution in [3.05, 3.63) is 16.5 Å². The van der Waals surface area contributed by atoms with Crippen LogP contribution in [0.5, 0.6) is 0 Å². The maximum atomic E-state index is 11.9. The minimum Gasteiger partial charge on any atom is -0.443 e. The Morgan fingerprint density at radius 1 is 1.60 bits per heavy atom. The standard InChI is InChI=1S/C11H13BrClNO5S/c1-11(3-2-4-18-11)6-14-10(15)7-5-8(9(12)19-7)20(13,16)17/h5H,2-4,6H2,1H3,(H,14,15). The third-order valence-electron chi connectivity index (χ3n) is 3.07. The van der Waals surface area contributed by atoms with E-state index in [2.05, 4.69) is 21.2 Å². The second kappa shape index (κ2) is 5.67. The fourth-order valence-corrected chi connectivity index (χ4v) is 3.99. The molecule has 1 atom stereocenters. The minimum atomic E-state index is -3.96. The van der Waals surface area contributed by atoms with Crippen LogP contribution in [0.15, 0.2) is 20.0 Å². The van der Waals surface area contributed by atoms with Crippen molar-refractivity contribution in [2.24, 2.45) is 0 Å². The van der Waals surface area contributed by atoms with Crippen LogP contribution < -0.4 is 5.32 Å². The lowest BCUT2D eigenvalue weighted by molar-refractivity contribution is 0.0203. The molecule has 1 fully saturated rings. The van der Waals surface area contributed by atoms with Crippen LogP contribution in [0.2, 0.25) is 0 Å². The Bertz CT molecular complexity index is 621. The predicted molar refractivity (Wildman–Crippen MR) is 75.4 cm³/mol. The lowest BCUT2D eigenvalue weighted by Gasteiger charge is -2.22. The van der Waals surface area contributed by atoms with Gasteiger partial charge in [-0.2, -0.15) is 0 Å². The van der Waals surface area contributed by atoms with Gasteiger partial charge in [0.25, 0.3) is 15.0 Å². The van der Waals surface area contributed by atoms with Gasteiger partial charge >= 0.3 is 0 Å². The molecule has 1 unspecified atom stereocenters. The summed E-state index contributed by atoms with van der Waals surface area (Å²) in [4.78, 5) is 11.6. The SMILES string of the molecule is CC1(CNC(=O)c2cc(S(=O)(=O)Cl)c(Br)o2)CCCO1. The predicted octanol–water partition coefficient (Wildman–Crippen LogP) is 2.27. The van der Waals surface area contributed by atoms with E-state index in [1.54, 1.807) is 0 Å². The summed E-state index contributed by atoms with van der Waals surface area (Å²) in [5, 5.41) is 2.66. The Balaban J connectivity index is 2.07. The number of hydrogen-bond acceptors (Lipinski definition) is 5. The molecule has 1 amide bonds. The molecule has 2 heterocycles. The number of halogens is 2. The van der Waals surface area contributed by atoms with Crippen molar-refractivity contribution in [2.75, 3.05) is 13.2 Å². The van der Waals surface area contributed by atoms with Crippen LogP contribution in [0.4, 0.5) is 0 Å². The van der Waals surface area contributed by atoms with Crippen molar-refractivity contribution in [2.45, 2.75) is 30.3 Å². The molecular formula is C11H13BrClNO5S. The number of hydrogen-bond donors (Lipinski definition) is 1. The topological polar surface area (TPSA) is 85.6 Å². The van der Waals surface area contributed by atoms with Gasteiger partial charge in [0, 0.05) is 29.9 Å². The van der Waals surface area contributed by atoms with Crippen LogP contribution in [0.25, 0.3) is 0 Å². The molecule has 1 N–H and O–H groups in total. The maximum absolute atomic E-state index is 11.9. The summed E-state index contributed by atoms with van der Waals surface area (Å²) in [6.07, 6.45) is 1.81. The second-order valence-corrected chi connectivity index (χ2v) is 8.03. The van der Waals surface area contributed by atoms with Gasteiger partial charge in [-0.1, -0.05) is 0 Å². The summed E-state index contributed by atoms with van der Waals surface area (Å²) in [5.74, 6) is -0.647. The Kier molecular flexibility index (Phi) is 4.48. The van der Waals surface area contributed by atoms with Crippen LogP contribution in [0.3, 0.4) is 0 Å². The lowest BCUT2D eigenvalue weighted by atomic mass is 10.0. The highest BCUT2D eigenvalue weighted by atomic mass is 79.9. The van der Waals surface area contributed by atoms with Gasteiger partial charge in [0.05, 0.1) is 5.60 Å². The molecule has 0 aliphatic carbocycles. The van der Waals surface area contributed by atoms with E-state index in [0.717, 1.165) is 18.9 Å². The van der Waals surface area contributed by atoms with Crippen molar-refractivity contribution in [3.63, 3.8) is 0 Å². The normalized spacial score (nSPS) is 22.9. The number of carbonyl (C=O) groups excluding carboxylic acids is 1. The quantitative estimate of drug-likeness (QED) is 0.802. The maximum Gasteiger partial charge on any atom is 0.287 e. The average Bonchev–Trinajstić information content (AvgIpc) is 2.92. The molecule has 9 heteroatoms. The number of ether oxygens (including phenoxy) is 1. The molecule has 1 saturated heterocycles. The van der Waals surface area contributed by atoms with Crippen LogP contribution >= 0.6 is 26.6 Å². The van der Waals surface area contributed by atoms with E-state index in [4.69, 9.17) is 19.8 Å². The van der Waals surface area contributed by atoms with Gasteiger partial charge in [-0.25, -0.2) is 8.42 Å². The highest BCUT2D eigenvalue weighted by Crippen LogP contribution is 2.29. The number of nitrogens with one attached hydrogen (secondary N) is 1. The van der Waals surface area contributed by atoms with Gasteiger partial charge in [-0.05, 0) is 35.7 Å². The first-order valence-corrected chi connectivity index (χ1v) is 8.98. The van der Waals surface area contributed by atoms with Crippen LogP contribution in [0, 0.1) is 0 Å². The van der Waals surface area contributed by atoms with E-state index in [1.807, 2.05) is 6.92 Å². The first-order chi connectivity index (χ1) is 9.21. The van der Waals surface area contributed by atoms with E-state index >= 15 is 0 Å².